The normalized spacial score (nSPS) is 14.1. The second kappa shape index (κ2) is 5.20. The molecule has 0 radical (unpaired) electrons. The molecular weight excluding hydrogens is 283 g/mol. The molecule has 1 aliphatic rings. The number of fused-ring (bicyclic) bond motifs is 1. The Bertz CT molecular complexity index is 691. The Balaban J connectivity index is 1.83. The summed E-state index contributed by atoms with van der Waals surface area (Å²) in [6, 6.07) is 6.30. The maximum Gasteiger partial charge on any atom is 0.231 e. The number of ether oxygens (including phenoxy) is 2. The summed E-state index contributed by atoms with van der Waals surface area (Å²) in [4.78, 5) is 0. The van der Waals surface area contributed by atoms with Crippen molar-refractivity contribution in [3.05, 3.63) is 53.3 Å². The molecule has 0 amide bonds. The summed E-state index contributed by atoms with van der Waals surface area (Å²) in [5, 5.41) is 2.81. The van der Waals surface area contributed by atoms with Gasteiger partial charge in [0.15, 0.2) is 23.1 Å². The van der Waals surface area contributed by atoms with Crippen LogP contribution < -0.4 is 14.8 Å². The minimum absolute atomic E-state index is 0.0981. The molecule has 1 aliphatic heterocycles. The topological polar surface area (TPSA) is 30.5 Å². The van der Waals surface area contributed by atoms with Crippen LogP contribution in [0.5, 0.6) is 11.5 Å². The van der Waals surface area contributed by atoms with Crippen molar-refractivity contribution in [1.29, 1.82) is 0 Å². The van der Waals surface area contributed by atoms with E-state index in [1.165, 1.54) is 0 Å². The van der Waals surface area contributed by atoms with E-state index in [2.05, 4.69) is 5.32 Å². The van der Waals surface area contributed by atoms with Gasteiger partial charge in [0.2, 0.25) is 6.79 Å². The van der Waals surface area contributed by atoms with Crippen molar-refractivity contribution < 1.29 is 22.6 Å². The summed E-state index contributed by atoms with van der Waals surface area (Å²) < 4.78 is 50.2. The first-order valence-corrected chi connectivity index (χ1v) is 6.35. The third-order valence-electron chi connectivity index (χ3n) is 3.28. The summed E-state index contributed by atoms with van der Waals surface area (Å²) in [7, 11) is 0. The quantitative estimate of drug-likeness (QED) is 0.868. The van der Waals surface area contributed by atoms with Gasteiger partial charge in [-0.1, -0.05) is 6.07 Å². The Morgan fingerprint density at radius 1 is 0.952 bits per heavy atom. The first-order chi connectivity index (χ1) is 10.0. The summed E-state index contributed by atoms with van der Waals surface area (Å²) in [5.41, 5.74) is 0.711. The van der Waals surface area contributed by atoms with Crippen molar-refractivity contribution in [2.45, 2.75) is 13.0 Å². The Morgan fingerprint density at radius 2 is 1.67 bits per heavy atom. The number of halogens is 3. The van der Waals surface area contributed by atoms with Gasteiger partial charge in [-0.3, -0.25) is 0 Å². The molecule has 0 bridgehead atoms. The molecule has 1 atom stereocenters. The van der Waals surface area contributed by atoms with Gasteiger partial charge in [0, 0.05) is 18.2 Å². The van der Waals surface area contributed by atoms with E-state index < -0.39 is 17.5 Å². The van der Waals surface area contributed by atoms with Crippen molar-refractivity contribution in [2.75, 3.05) is 12.1 Å². The SMILES string of the molecule is CC(Nc1cc(F)c(F)cc1F)c1ccc2c(c1)OCO2. The fourth-order valence-corrected chi connectivity index (χ4v) is 2.13. The zero-order valence-corrected chi connectivity index (χ0v) is 11.1. The number of rotatable bonds is 3. The Morgan fingerprint density at radius 3 is 2.48 bits per heavy atom. The van der Waals surface area contributed by atoms with Crippen LogP contribution in [0.4, 0.5) is 18.9 Å². The third-order valence-corrected chi connectivity index (χ3v) is 3.28. The van der Waals surface area contributed by atoms with Gasteiger partial charge in [0.25, 0.3) is 0 Å². The van der Waals surface area contributed by atoms with Gasteiger partial charge in [-0.2, -0.15) is 0 Å². The maximum atomic E-state index is 13.6. The van der Waals surface area contributed by atoms with E-state index in [-0.39, 0.29) is 18.5 Å². The summed E-state index contributed by atoms with van der Waals surface area (Å²) in [6.07, 6.45) is 0. The average molecular weight is 295 g/mol. The van der Waals surface area contributed by atoms with Crippen LogP contribution in [0.1, 0.15) is 18.5 Å². The number of nitrogens with one attached hydrogen (secondary N) is 1. The molecule has 1 N–H and O–H groups in total. The van der Waals surface area contributed by atoms with Gasteiger partial charge in [-0.05, 0) is 24.6 Å². The Kier molecular flexibility index (Phi) is 3.37. The first-order valence-electron chi connectivity index (χ1n) is 6.35. The molecule has 0 aliphatic carbocycles. The molecule has 0 fully saturated rings. The second-order valence-electron chi connectivity index (χ2n) is 4.72. The van der Waals surface area contributed by atoms with Crippen molar-refractivity contribution in [3.8, 4) is 11.5 Å². The van der Waals surface area contributed by atoms with E-state index in [1.807, 2.05) is 0 Å². The third kappa shape index (κ3) is 2.61. The first kappa shape index (κ1) is 13.6. The lowest BCUT2D eigenvalue weighted by molar-refractivity contribution is 0.174. The number of anilines is 1. The number of hydrogen-bond donors (Lipinski definition) is 1. The van der Waals surface area contributed by atoms with Gasteiger partial charge in [-0.15, -0.1) is 0 Å². The number of benzene rings is 2. The monoisotopic (exact) mass is 295 g/mol. The molecule has 2 aromatic carbocycles. The highest BCUT2D eigenvalue weighted by Crippen LogP contribution is 2.35. The lowest BCUT2D eigenvalue weighted by Gasteiger charge is -2.17. The van der Waals surface area contributed by atoms with Crippen LogP contribution in [0.15, 0.2) is 30.3 Å². The molecule has 3 rings (SSSR count). The van der Waals surface area contributed by atoms with Crippen molar-refractivity contribution >= 4 is 5.69 Å². The Hall–Kier alpha value is -2.37. The van der Waals surface area contributed by atoms with E-state index in [4.69, 9.17) is 9.47 Å². The summed E-state index contributed by atoms with van der Waals surface area (Å²) >= 11 is 0. The molecule has 21 heavy (non-hydrogen) atoms. The molecule has 0 saturated carbocycles. The largest absolute Gasteiger partial charge is 0.454 e. The van der Waals surface area contributed by atoms with Gasteiger partial charge in [0.05, 0.1) is 5.69 Å². The molecule has 0 aromatic heterocycles. The van der Waals surface area contributed by atoms with Crippen LogP contribution in [0.3, 0.4) is 0 Å². The van der Waals surface area contributed by atoms with E-state index >= 15 is 0 Å². The van der Waals surface area contributed by atoms with Crippen LogP contribution in [0.25, 0.3) is 0 Å². The highest BCUT2D eigenvalue weighted by molar-refractivity contribution is 5.50. The average Bonchev–Trinajstić information content (AvgIpc) is 2.92. The molecular formula is C15H12F3NO2. The maximum absolute atomic E-state index is 13.6. The van der Waals surface area contributed by atoms with E-state index in [9.17, 15) is 13.2 Å². The molecule has 3 nitrogen and oxygen atoms in total. The van der Waals surface area contributed by atoms with Gasteiger partial charge in [-0.25, -0.2) is 13.2 Å². The van der Waals surface area contributed by atoms with Gasteiger partial charge in [0.1, 0.15) is 5.82 Å². The van der Waals surface area contributed by atoms with E-state index in [1.54, 1.807) is 25.1 Å². The van der Waals surface area contributed by atoms with Gasteiger partial charge >= 0.3 is 0 Å². The summed E-state index contributed by atoms with van der Waals surface area (Å²) in [5.74, 6) is -1.91. The van der Waals surface area contributed by atoms with E-state index in [0.29, 0.717) is 17.6 Å². The predicted octanol–water partition coefficient (Wildman–Crippen LogP) is 4.01. The van der Waals surface area contributed by atoms with Crippen molar-refractivity contribution in [2.24, 2.45) is 0 Å². The van der Waals surface area contributed by atoms with Crippen molar-refractivity contribution in [3.63, 3.8) is 0 Å². The summed E-state index contributed by atoms with van der Waals surface area (Å²) in [6.45, 7) is 1.94. The molecule has 6 heteroatoms. The minimum atomic E-state index is -1.21. The second-order valence-corrected chi connectivity index (χ2v) is 4.72. The van der Waals surface area contributed by atoms with Crippen LogP contribution in [0.2, 0.25) is 0 Å². The highest BCUT2D eigenvalue weighted by Gasteiger charge is 2.17. The molecule has 0 spiro atoms. The molecule has 2 aromatic rings. The van der Waals surface area contributed by atoms with Crippen LogP contribution >= 0.6 is 0 Å². The van der Waals surface area contributed by atoms with Crippen LogP contribution in [-0.2, 0) is 0 Å². The minimum Gasteiger partial charge on any atom is -0.454 e. The zero-order chi connectivity index (χ0) is 15.0. The molecule has 0 saturated heterocycles. The smallest absolute Gasteiger partial charge is 0.231 e. The fraction of sp³-hybridized carbons (Fsp3) is 0.200. The molecule has 110 valence electrons. The number of hydrogen-bond acceptors (Lipinski definition) is 3. The van der Waals surface area contributed by atoms with Crippen molar-refractivity contribution in [1.82, 2.24) is 0 Å². The molecule has 1 heterocycles. The lowest BCUT2D eigenvalue weighted by atomic mass is 10.1. The zero-order valence-electron chi connectivity index (χ0n) is 11.1. The van der Waals surface area contributed by atoms with Crippen LogP contribution in [0, 0.1) is 17.5 Å². The Labute approximate surface area is 119 Å². The predicted molar refractivity (Wildman–Crippen MR) is 70.9 cm³/mol. The fourth-order valence-electron chi connectivity index (χ4n) is 2.13. The molecule has 1 unspecified atom stereocenters. The standard InChI is InChI=1S/C15H12F3NO2/c1-8(9-2-3-14-15(4-9)21-7-20-14)19-13-6-11(17)10(16)5-12(13)18/h2-6,8,19H,7H2,1H3. The lowest BCUT2D eigenvalue weighted by Crippen LogP contribution is -2.08. The van der Waals surface area contributed by atoms with Gasteiger partial charge < -0.3 is 14.8 Å². The highest BCUT2D eigenvalue weighted by atomic mass is 19.2. The van der Waals surface area contributed by atoms with Crippen LogP contribution in [-0.4, -0.2) is 6.79 Å². The van der Waals surface area contributed by atoms with E-state index in [0.717, 1.165) is 11.6 Å².